The van der Waals surface area contributed by atoms with E-state index in [1.807, 2.05) is 86.2 Å². The second-order valence-electron chi connectivity index (χ2n) is 10.3. The number of amides is 2. The number of nitrogens with one attached hydrogen (secondary N) is 1. The number of carbonyl (C=O) groups is 3. The molecule has 5 rings (SSSR count). The van der Waals surface area contributed by atoms with Gasteiger partial charge in [0.2, 0.25) is 0 Å². The van der Waals surface area contributed by atoms with Gasteiger partial charge in [-0.05, 0) is 42.3 Å². The van der Waals surface area contributed by atoms with Gasteiger partial charge in [0, 0.05) is 23.4 Å². The Morgan fingerprint density at radius 3 is 2.44 bits per heavy atom. The zero-order chi connectivity index (χ0) is 31.9. The molecular weight excluding hydrogens is 633 g/mol. The Hall–Kier alpha value is -4.11. The Morgan fingerprint density at radius 2 is 1.87 bits per heavy atom. The number of thioether (sulfide) groups is 2. The third-order valence-corrected chi connectivity index (χ3v) is 9.73. The number of fused-ring (bicyclic) bond motifs is 1. The topological polar surface area (TPSA) is 150 Å². The zero-order valence-electron chi connectivity index (χ0n) is 24.5. The number of allylic oxidation sites excluding steroid dienone is 1. The predicted molar refractivity (Wildman–Crippen MR) is 178 cm³/mol. The number of β-lactam (4-membered cyclic amide) rings is 1. The number of carbonyl (C=O) groups excluding carboxylic acids is 3. The summed E-state index contributed by atoms with van der Waals surface area (Å²) >= 11 is 4.10. The lowest BCUT2D eigenvalue weighted by molar-refractivity contribution is -0.154. The van der Waals surface area contributed by atoms with Crippen molar-refractivity contribution in [1.82, 2.24) is 20.1 Å². The maximum atomic E-state index is 14.1. The summed E-state index contributed by atoms with van der Waals surface area (Å²) in [5.41, 5.74) is 7.75. The van der Waals surface area contributed by atoms with Crippen molar-refractivity contribution in [2.24, 2.45) is 5.16 Å². The van der Waals surface area contributed by atoms with E-state index in [0.29, 0.717) is 11.3 Å². The zero-order valence-corrected chi connectivity index (χ0v) is 27.0. The van der Waals surface area contributed by atoms with Crippen molar-refractivity contribution in [3.05, 3.63) is 106 Å². The maximum Gasteiger partial charge on any atom is 0.356 e. The lowest BCUT2D eigenvalue weighted by Gasteiger charge is -2.49. The van der Waals surface area contributed by atoms with Crippen molar-refractivity contribution in [3.63, 3.8) is 0 Å². The van der Waals surface area contributed by atoms with Gasteiger partial charge in [-0.15, -0.1) is 34.9 Å². The highest BCUT2D eigenvalue weighted by molar-refractivity contribution is 8.02. The summed E-state index contributed by atoms with van der Waals surface area (Å²) in [6.45, 7) is 0.883. The maximum absolute atomic E-state index is 14.1. The molecule has 0 saturated carbocycles. The number of hydrogen-bond donors (Lipinski definition) is 3. The van der Waals surface area contributed by atoms with Gasteiger partial charge in [-0.1, -0.05) is 65.8 Å². The molecule has 1 aromatic heterocycles. The molecule has 2 atom stereocenters. The van der Waals surface area contributed by atoms with E-state index in [2.05, 4.69) is 20.4 Å². The van der Waals surface area contributed by atoms with E-state index < -0.39 is 35.3 Å². The van der Waals surface area contributed by atoms with Gasteiger partial charge < -0.3 is 25.9 Å². The van der Waals surface area contributed by atoms with Gasteiger partial charge >= 0.3 is 5.97 Å². The van der Waals surface area contributed by atoms with Gasteiger partial charge in [-0.25, -0.2) is 9.78 Å². The standard InChI is InChI=1S/C31H32N6O5S3/c1-36(2)14-16-43-15-13-21-17-44-29-24(34-27(38)23(35-41)22-18-45-31(32)33-22)28(39)37(29)25(21)30(40)42-26(19-9-5-3-6-10-19)20-11-7-4-8-12-20/h3-13,15,18,24,26,29,41H,14,16-17H2,1-2H3,(H2,32,33)(H,34,38)/b15-13+,35-23?/t24-,29-/m1/s1. The molecule has 11 nitrogen and oxygen atoms in total. The van der Waals surface area contributed by atoms with Gasteiger partial charge in [-0.3, -0.25) is 14.5 Å². The highest BCUT2D eigenvalue weighted by Crippen LogP contribution is 2.42. The van der Waals surface area contributed by atoms with Crippen molar-refractivity contribution in [3.8, 4) is 0 Å². The molecule has 0 bridgehead atoms. The van der Waals surface area contributed by atoms with Crippen LogP contribution in [0, 0.1) is 0 Å². The molecule has 0 unspecified atom stereocenters. The van der Waals surface area contributed by atoms with E-state index >= 15 is 0 Å². The number of thiazole rings is 1. The van der Waals surface area contributed by atoms with Crippen LogP contribution in [0.1, 0.15) is 22.9 Å². The van der Waals surface area contributed by atoms with Crippen LogP contribution in [0.25, 0.3) is 0 Å². The number of rotatable bonds is 12. The fraction of sp³-hybridized carbons (Fsp3) is 0.258. The van der Waals surface area contributed by atoms with E-state index in [1.165, 1.54) is 22.0 Å². The Kier molecular flexibility index (Phi) is 10.6. The average Bonchev–Trinajstić information content (AvgIpc) is 3.48. The monoisotopic (exact) mass is 664 g/mol. The van der Waals surface area contributed by atoms with Crippen molar-refractivity contribution < 1.29 is 24.3 Å². The molecule has 45 heavy (non-hydrogen) atoms. The first-order chi connectivity index (χ1) is 21.8. The first kappa shape index (κ1) is 32.3. The number of nitrogen functional groups attached to an aromatic ring is 1. The van der Waals surface area contributed by atoms with Crippen LogP contribution in [0.15, 0.2) is 94.0 Å². The number of nitrogens with two attached hydrogens (primary N) is 1. The molecular formula is C31H32N6O5S3. The molecule has 4 N–H and O–H groups in total. The predicted octanol–water partition coefficient (Wildman–Crippen LogP) is 3.70. The summed E-state index contributed by atoms with van der Waals surface area (Å²) < 4.78 is 6.18. The summed E-state index contributed by atoms with van der Waals surface area (Å²) in [7, 11) is 4.00. The Morgan fingerprint density at radius 1 is 1.20 bits per heavy atom. The molecule has 0 spiro atoms. The molecule has 0 radical (unpaired) electrons. The lowest BCUT2D eigenvalue weighted by atomic mass is 10.0. The average molecular weight is 665 g/mol. The molecule has 1 saturated heterocycles. The molecule has 234 valence electrons. The Labute approximate surface area is 273 Å². The van der Waals surface area contributed by atoms with Crippen LogP contribution in [-0.2, 0) is 19.1 Å². The van der Waals surface area contributed by atoms with Crippen LogP contribution in [0.2, 0.25) is 0 Å². The summed E-state index contributed by atoms with van der Waals surface area (Å²) in [5, 5.41) is 18.3. The summed E-state index contributed by atoms with van der Waals surface area (Å²) in [5.74, 6) is -0.659. The Balaban J connectivity index is 1.41. The number of hydrogen-bond acceptors (Lipinski definition) is 12. The van der Waals surface area contributed by atoms with E-state index in [-0.39, 0.29) is 22.2 Å². The second kappa shape index (κ2) is 14.8. The molecule has 14 heteroatoms. The first-order valence-electron chi connectivity index (χ1n) is 13.9. The smallest absolute Gasteiger partial charge is 0.356 e. The molecule has 3 aromatic rings. The summed E-state index contributed by atoms with van der Waals surface area (Å²) in [6, 6.07) is 17.9. The third kappa shape index (κ3) is 7.41. The van der Waals surface area contributed by atoms with E-state index in [1.54, 1.807) is 11.8 Å². The highest BCUT2D eigenvalue weighted by Gasteiger charge is 2.54. The quantitative estimate of drug-likeness (QED) is 0.0653. The number of oxime groups is 1. The van der Waals surface area contributed by atoms with Crippen LogP contribution >= 0.6 is 34.9 Å². The largest absolute Gasteiger partial charge is 0.448 e. The fourth-order valence-electron chi connectivity index (χ4n) is 4.76. The number of aromatic nitrogens is 1. The van der Waals surface area contributed by atoms with Crippen LogP contribution in [0.4, 0.5) is 5.13 Å². The number of ether oxygens (including phenoxy) is 1. The van der Waals surface area contributed by atoms with E-state index in [4.69, 9.17) is 10.5 Å². The van der Waals surface area contributed by atoms with E-state index in [0.717, 1.165) is 34.8 Å². The fourth-order valence-corrected chi connectivity index (χ4v) is 7.49. The van der Waals surface area contributed by atoms with Crippen molar-refractivity contribution >= 4 is 63.5 Å². The first-order valence-corrected chi connectivity index (χ1v) is 16.9. The van der Waals surface area contributed by atoms with Gasteiger partial charge in [0.1, 0.15) is 22.8 Å². The minimum Gasteiger partial charge on any atom is -0.448 e. The lowest BCUT2D eigenvalue weighted by Crippen LogP contribution is -2.71. The SMILES string of the molecule is CN(C)CCS/C=C/C1=C(C(=O)OC(c2ccccc2)c2ccccc2)N2C(=O)[C@@H](NC(=O)C(=NO)c3csc(N)n3)[C@H]2SC1. The summed E-state index contributed by atoms with van der Waals surface area (Å²) in [6.07, 6.45) is 1.14. The van der Waals surface area contributed by atoms with Crippen molar-refractivity contribution in [1.29, 1.82) is 0 Å². The highest BCUT2D eigenvalue weighted by atomic mass is 32.2. The molecule has 0 aliphatic carbocycles. The molecule has 3 heterocycles. The van der Waals surface area contributed by atoms with Crippen LogP contribution in [0.5, 0.6) is 0 Å². The molecule has 1 fully saturated rings. The Bertz CT molecular complexity index is 1590. The minimum absolute atomic E-state index is 0.0913. The van der Waals surface area contributed by atoms with E-state index in [9.17, 15) is 19.6 Å². The number of anilines is 1. The second-order valence-corrected chi connectivity index (χ2v) is 13.3. The molecule has 2 amide bonds. The van der Waals surface area contributed by atoms with Gasteiger partial charge in [0.15, 0.2) is 16.9 Å². The van der Waals surface area contributed by atoms with Crippen LogP contribution in [0.3, 0.4) is 0 Å². The van der Waals surface area contributed by atoms with Crippen LogP contribution < -0.4 is 11.1 Å². The molecule has 2 aliphatic rings. The van der Waals surface area contributed by atoms with Crippen LogP contribution in [-0.4, -0.2) is 87.0 Å². The normalized spacial score (nSPS) is 18.4. The third-order valence-electron chi connectivity index (χ3n) is 7.01. The summed E-state index contributed by atoms with van der Waals surface area (Å²) in [4.78, 5) is 48.1. The molecule has 2 aliphatic heterocycles. The number of benzene rings is 2. The van der Waals surface area contributed by atoms with Gasteiger partial charge in [0.05, 0.1) is 0 Å². The van der Waals surface area contributed by atoms with Gasteiger partial charge in [-0.2, -0.15) is 0 Å². The molecule has 2 aromatic carbocycles. The number of esters is 1. The van der Waals surface area contributed by atoms with Crippen molar-refractivity contribution in [2.45, 2.75) is 17.5 Å². The minimum atomic E-state index is -0.961. The number of nitrogens with zero attached hydrogens (tertiary/aromatic N) is 4. The van der Waals surface area contributed by atoms with Gasteiger partial charge in [0.25, 0.3) is 11.8 Å². The van der Waals surface area contributed by atoms with Crippen molar-refractivity contribution in [2.75, 3.05) is 37.9 Å².